The Balaban J connectivity index is 2.21. The van der Waals surface area contributed by atoms with E-state index in [0.717, 1.165) is 5.56 Å². The van der Waals surface area contributed by atoms with Crippen LogP contribution in [0, 0.1) is 0 Å². The molecule has 0 bridgehead atoms. The van der Waals surface area contributed by atoms with Gasteiger partial charge in [0.1, 0.15) is 6.04 Å². The Labute approximate surface area is 123 Å². The molecule has 2 N–H and O–H groups in total. The van der Waals surface area contributed by atoms with Crippen molar-refractivity contribution in [2.75, 3.05) is 26.7 Å². The molecule has 6 heteroatoms. The monoisotopic (exact) mass is 292 g/mol. The van der Waals surface area contributed by atoms with Crippen LogP contribution in [0.25, 0.3) is 0 Å². The maximum Gasteiger partial charge on any atom is 0.245 e. The van der Waals surface area contributed by atoms with Crippen LogP contribution in [0.15, 0.2) is 30.3 Å². The van der Waals surface area contributed by atoms with Gasteiger partial charge in [-0.3, -0.25) is 9.59 Å². The van der Waals surface area contributed by atoms with Crippen molar-refractivity contribution in [3.8, 4) is 0 Å². The Morgan fingerprint density at radius 3 is 2.57 bits per heavy atom. The molecule has 1 aromatic carbocycles. The highest BCUT2D eigenvalue weighted by Gasteiger charge is 2.38. The van der Waals surface area contributed by atoms with Gasteiger partial charge >= 0.3 is 0 Å². The van der Waals surface area contributed by atoms with Crippen molar-refractivity contribution in [3.05, 3.63) is 35.9 Å². The molecule has 21 heavy (non-hydrogen) atoms. The van der Waals surface area contributed by atoms with Gasteiger partial charge in [-0.1, -0.05) is 30.3 Å². The molecule has 0 aromatic heterocycles. The summed E-state index contributed by atoms with van der Waals surface area (Å²) < 4.78 is 0. The summed E-state index contributed by atoms with van der Waals surface area (Å²) in [5.74, 6) is -0.367. The SMILES string of the molecule is CN1CC(=O)N(C[C@H](O)CO)[C@@H](Cc2ccccc2)C1=O. The number of β-amino-alcohol motifs (C(OH)–C–C–N with tert-alkyl or cyclic N) is 1. The van der Waals surface area contributed by atoms with Crippen LogP contribution in [0.2, 0.25) is 0 Å². The predicted octanol–water partition coefficient (Wildman–Crippen LogP) is -0.748. The molecule has 0 radical (unpaired) electrons. The van der Waals surface area contributed by atoms with Crippen LogP contribution in [-0.4, -0.2) is 70.7 Å². The third kappa shape index (κ3) is 3.59. The van der Waals surface area contributed by atoms with E-state index in [-0.39, 0.29) is 24.9 Å². The summed E-state index contributed by atoms with van der Waals surface area (Å²) in [6.45, 7) is -0.472. The number of hydrogen-bond acceptors (Lipinski definition) is 4. The number of benzene rings is 1. The van der Waals surface area contributed by atoms with Crippen molar-refractivity contribution < 1.29 is 19.8 Å². The first-order chi connectivity index (χ1) is 10.0. The molecule has 0 spiro atoms. The first kappa shape index (κ1) is 15.5. The van der Waals surface area contributed by atoms with Gasteiger partial charge in [0.2, 0.25) is 11.8 Å². The number of aliphatic hydroxyl groups is 2. The number of likely N-dealkylation sites (N-methyl/N-ethyl adjacent to an activating group) is 1. The molecule has 1 heterocycles. The van der Waals surface area contributed by atoms with Crippen LogP contribution >= 0.6 is 0 Å². The summed E-state index contributed by atoms with van der Waals surface area (Å²) in [6.07, 6.45) is -0.642. The second kappa shape index (κ2) is 6.69. The number of hydrogen-bond donors (Lipinski definition) is 2. The van der Waals surface area contributed by atoms with Crippen LogP contribution in [0.4, 0.5) is 0 Å². The molecule has 1 aliphatic heterocycles. The fraction of sp³-hybridized carbons (Fsp3) is 0.467. The molecule has 2 rings (SSSR count). The fourth-order valence-electron chi connectivity index (χ4n) is 2.48. The zero-order valence-corrected chi connectivity index (χ0v) is 12.0. The molecule has 1 aromatic rings. The van der Waals surface area contributed by atoms with Gasteiger partial charge in [0.15, 0.2) is 0 Å². The molecule has 114 valence electrons. The Kier molecular flexibility index (Phi) is 4.93. The number of nitrogens with zero attached hydrogens (tertiary/aromatic N) is 2. The van der Waals surface area contributed by atoms with E-state index in [2.05, 4.69) is 0 Å². The van der Waals surface area contributed by atoms with Gasteiger partial charge < -0.3 is 20.0 Å². The lowest BCUT2D eigenvalue weighted by Gasteiger charge is -2.39. The molecule has 1 aliphatic rings. The molecule has 0 saturated carbocycles. The summed E-state index contributed by atoms with van der Waals surface area (Å²) in [4.78, 5) is 27.3. The zero-order valence-electron chi connectivity index (χ0n) is 12.0. The lowest BCUT2D eigenvalue weighted by atomic mass is 10.0. The summed E-state index contributed by atoms with van der Waals surface area (Å²) in [6, 6.07) is 8.79. The van der Waals surface area contributed by atoms with E-state index < -0.39 is 18.8 Å². The van der Waals surface area contributed by atoms with Crippen molar-refractivity contribution in [1.29, 1.82) is 0 Å². The van der Waals surface area contributed by atoms with E-state index in [1.807, 2.05) is 30.3 Å². The second-order valence-corrected chi connectivity index (χ2v) is 5.28. The standard InChI is InChI=1S/C15H20N2O4/c1-16-9-14(20)17(8-12(19)10-18)13(15(16)21)7-11-5-3-2-4-6-11/h2-6,12-13,18-19H,7-10H2,1H3/t12-,13-/m0/s1. The van der Waals surface area contributed by atoms with Gasteiger partial charge in [-0.05, 0) is 5.56 Å². The van der Waals surface area contributed by atoms with E-state index in [9.17, 15) is 14.7 Å². The van der Waals surface area contributed by atoms with Gasteiger partial charge in [-0.15, -0.1) is 0 Å². The highest BCUT2D eigenvalue weighted by molar-refractivity contribution is 5.94. The Morgan fingerprint density at radius 1 is 1.29 bits per heavy atom. The Hall–Kier alpha value is -1.92. The molecule has 1 saturated heterocycles. The van der Waals surface area contributed by atoms with Gasteiger partial charge in [0.25, 0.3) is 0 Å². The van der Waals surface area contributed by atoms with Gasteiger partial charge in [0, 0.05) is 20.0 Å². The summed E-state index contributed by atoms with van der Waals surface area (Å²) in [5, 5.41) is 18.6. The van der Waals surface area contributed by atoms with E-state index in [4.69, 9.17) is 5.11 Å². The molecular formula is C15H20N2O4. The minimum atomic E-state index is -1.04. The number of aliphatic hydroxyl groups excluding tert-OH is 2. The van der Waals surface area contributed by atoms with Crippen molar-refractivity contribution in [2.24, 2.45) is 0 Å². The van der Waals surface area contributed by atoms with Gasteiger partial charge in [0.05, 0.1) is 19.3 Å². The zero-order chi connectivity index (χ0) is 15.4. The fourth-order valence-corrected chi connectivity index (χ4v) is 2.48. The maximum atomic E-state index is 12.3. The van der Waals surface area contributed by atoms with E-state index in [1.54, 1.807) is 7.05 Å². The normalized spacial score (nSPS) is 20.8. The Bertz CT molecular complexity index is 506. The van der Waals surface area contributed by atoms with E-state index in [1.165, 1.54) is 9.80 Å². The number of rotatable bonds is 5. The van der Waals surface area contributed by atoms with E-state index in [0.29, 0.717) is 6.42 Å². The minimum absolute atomic E-state index is 0.00225. The molecule has 0 unspecified atom stereocenters. The maximum absolute atomic E-state index is 12.3. The van der Waals surface area contributed by atoms with E-state index >= 15 is 0 Å². The third-order valence-corrected chi connectivity index (χ3v) is 3.62. The molecular weight excluding hydrogens is 272 g/mol. The number of piperazine rings is 1. The van der Waals surface area contributed by atoms with Crippen LogP contribution in [0.3, 0.4) is 0 Å². The van der Waals surface area contributed by atoms with Gasteiger partial charge in [-0.25, -0.2) is 0 Å². The highest BCUT2D eigenvalue weighted by atomic mass is 16.3. The molecule has 1 fully saturated rings. The van der Waals surface area contributed by atoms with Crippen molar-refractivity contribution >= 4 is 11.8 Å². The Morgan fingerprint density at radius 2 is 1.95 bits per heavy atom. The molecule has 2 atom stereocenters. The van der Waals surface area contributed by atoms with Crippen molar-refractivity contribution in [1.82, 2.24) is 9.80 Å². The van der Waals surface area contributed by atoms with Crippen molar-refractivity contribution in [2.45, 2.75) is 18.6 Å². The average Bonchev–Trinajstić information content (AvgIpc) is 2.49. The summed E-state index contributed by atoms with van der Waals surface area (Å²) >= 11 is 0. The summed E-state index contributed by atoms with van der Waals surface area (Å²) in [7, 11) is 1.60. The number of carbonyl (C=O) groups is 2. The van der Waals surface area contributed by atoms with Crippen LogP contribution in [-0.2, 0) is 16.0 Å². The molecule has 6 nitrogen and oxygen atoms in total. The van der Waals surface area contributed by atoms with Crippen molar-refractivity contribution in [3.63, 3.8) is 0 Å². The lowest BCUT2D eigenvalue weighted by Crippen LogP contribution is -2.61. The summed E-state index contributed by atoms with van der Waals surface area (Å²) in [5.41, 5.74) is 0.947. The van der Waals surface area contributed by atoms with Gasteiger partial charge in [-0.2, -0.15) is 0 Å². The van der Waals surface area contributed by atoms with Crippen LogP contribution in [0.5, 0.6) is 0 Å². The molecule has 2 amide bonds. The number of amides is 2. The topological polar surface area (TPSA) is 81.1 Å². The quantitative estimate of drug-likeness (QED) is 0.748. The highest BCUT2D eigenvalue weighted by Crippen LogP contribution is 2.17. The average molecular weight is 292 g/mol. The smallest absolute Gasteiger partial charge is 0.245 e. The predicted molar refractivity (Wildman–Crippen MR) is 76.4 cm³/mol. The molecule has 0 aliphatic carbocycles. The largest absolute Gasteiger partial charge is 0.394 e. The first-order valence-electron chi connectivity index (χ1n) is 6.90. The first-order valence-corrected chi connectivity index (χ1v) is 6.90. The minimum Gasteiger partial charge on any atom is -0.394 e. The van der Waals surface area contributed by atoms with Crippen LogP contribution in [0.1, 0.15) is 5.56 Å². The third-order valence-electron chi connectivity index (χ3n) is 3.62. The van der Waals surface area contributed by atoms with Crippen LogP contribution < -0.4 is 0 Å². The number of carbonyl (C=O) groups excluding carboxylic acids is 2. The lowest BCUT2D eigenvalue weighted by molar-refractivity contribution is -0.156. The second-order valence-electron chi connectivity index (χ2n) is 5.28.